The molecule has 4 rings (SSSR count). The molecule has 6 heteroatoms. The molecule has 2 aromatic heterocycles. The van der Waals surface area contributed by atoms with E-state index >= 15 is 0 Å². The highest BCUT2D eigenvalue weighted by atomic mass is 19.1. The van der Waals surface area contributed by atoms with Crippen LogP contribution in [0.25, 0.3) is 10.9 Å². The summed E-state index contributed by atoms with van der Waals surface area (Å²) in [5.74, 6) is -0.197. The molecular weight excluding hydrogens is 331 g/mol. The summed E-state index contributed by atoms with van der Waals surface area (Å²) in [6, 6.07) is 7.28. The Hall–Kier alpha value is -2.63. The van der Waals surface area contributed by atoms with Crippen LogP contribution in [0.3, 0.4) is 0 Å². The molecule has 0 saturated carbocycles. The maximum atomic E-state index is 14.0. The van der Waals surface area contributed by atoms with Crippen molar-refractivity contribution in [2.45, 2.75) is 39.7 Å². The van der Waals surface area contributed by atoms with E-state index in [9.17, 15) is 9.18 Å². The highest BCUT2D eigenvalue weighted by Crippen LogP contribution is 2.27. The third kappa shape index (κ3) is 2.79. The summed E-state index contributed by atoms with van der Waals surface area (Å²) < 4.78 is 16.0. The van der Waals surface area contributed by atoms with Gasteiger partial charge in [0.2, 0.25) is 5.91 Å². The molecule has 1 fully saturated rings. The van der Waals surface area contributed by atoms with Crippen molar-refractivity contribution in [2.24, 2.45) is 0 Å². The van der Waals surface area contributed by atoms with Crippen LogP contribution in [0.4, 0.5) is 4.39 Å². The molecule has 0 unspecified atom stereocenters. The number of carbonyl (C=O) groups excluding carboxylic acids is 1. The summed E-state index contributed by atoms with van der Waals surface area (Å²) >= 11 is 0. The van der Waals surface area contributed by atoms with Crippen LogP contribution < -0.4 is 0 Å². The summed E-state index contributed by atoms with van der Waals surface area (Å²) in [6.45, 7) is 7.34. The number of para-hydroxylation sites is 1. The van der Waals surface area contributed by atoms with Crippen LogP contribution in [-0.2, 0) is 11.2 Å². The molecule has 0 spiro atoms. The van der Waals surface area contributed by atoms with Gasteiger partial charge >= 0.3 is 0 Å². The fourth-order valence-electron chi connectivity index (χ4n) is 4.04. The number of nitrogens with one attached hydrogen (secondary N) is 1. The third-order valence-electron chi connectivity index (χ3n) is 5.34. The predicted molar refractivity (Wildman–Crippen MR) is 98.6 cm³/mol. The lowest BCUT2D eigenvalue weighted by atomic mass is 10.1. The van der Waals surface area contributed by atoms with Gasteiger partial charge in [-0.1, -0.05) is 12.1 Å². The van der Waals surface area contributed by atoms with Gasteiger partial charge in [0.25, 0.3) is 0 Å². The zero-order chi connectivity index (χ0) is 18.4. The third-order valence-corrected chi connectivity index (χ3v) is 5.34. The van der Waals surface area contributed by atoms with Gasteiger partial charge in [-0.25, -0.2) is 4.39 Å². The number of rotatable bonds is 3. The first-order valence-corrected chi connectivity index (χ1v) is 9.00. The average Bonchev–Trinajstić information content (AvgIpc) is 3.27. The summed E-state index contributed by atoms with van der Waals surface area (Å²) in [5, 5.41) is 5.35. The van der Waals surface area contributed by atoms with E-state index in [1.807, 2.05) is 36.4 Å². The lowest BCUT2D eigenvalue weighted by Crippen LogP contribution is -2.30. The molecule has 1 aliphatic rings. The largest absolute Gasteiger partial charge is 0.356 e. The topological polar surface area (TPSA) is 53.9 Å². The van der Waals surface area contributed by atoms with Crippen LogP contribution in [0.15, 0.2) is 24.3 Å². The molecule has 1 atom stereocenters. The molecular formula is C20H23FN4O. The van der Waals surface area contributed by atoms with Crippen LogP contribution >= 0.6 is 0 Å². The van der Waals surface area contributed by atoms with E-state index in [1.54, 1.807) is 6.07 Å². The van der Waals surface area contributed by atoms with E-state index in [0.717, 1.165) is 41.0 Å². The number of aryl methyl sites for hydroxylation is 3. The number of benzene rings is 1. The fraction of sp³-hybridized carbons (Fsp3) is 0.400. The normalized spacial score (nSPS) is 17.4. The molecule has 0 bridgehead atoms. The maximum Gasteiger partial charge on any atom is 0.227 e. The number of aromatic amines is 1. The lowest BCUT2D eigenvalue weighted by molar-refractivity contribution is -0.129. The molecule has 26 heavy (non-hydrogen) atoms. The van der Waals surface area contributed by atoms with Crippen molar-refractivity contribution in [1.29, 1.82) is 0 Å². The van der Waals surface area contributed by atoms with E-state index in [0.29, 0.717) is 18.5 Å². The minimum absolute atomic E-state index is 0.0855. The second kappa shape index (κ2) is 6.27. The average molecular weight is 354 g/mol. The molecule has 1 N–H and O–H groups in total. The van der Waals surface area contributed by atoms with Crippen LogP contribution in [0.2, 0.25) is 0 Å². The van der Waals surface area contributed by atoms with Crippen LogP contribution in [0.5, 0.6) is 0 Å². The van der Waals surface area contributed by atoms with E-state index in [2.05, 4.69) is 16.1 Å². The van der Waals surface area contributed by atoms with Gasteiger partial charge in [0.05, 0.1) is 23.7 Å². The van der Waals surface area contributed by atoms with Crippen molar-refractivity contribution >= 4 is 16.8 Å². The van der Waals surface area contributed by atoms with E-state index < -0.39 is 0 Å². The molecule has 1 saturated heterocycles. The molecule has 0 radical (unpaired) electrons. The number of nitrogens with zero attached hydrogens (tertiary/aromatic N) is 3. The Morgan fingerprint density at radius 3 is 2.88 bits per heavy atom. The van der Waals surface area contributed by atoms with Crippen molar-refractivity contribution in [2.75, 3.05) is 13.1 Å². The van der Waals surface area contributed by atoms with Crippen molar-refractivity contribution < 1.29 is 9.18 Å². The second-order valence-corrected chi connectivity index (χ2v) is 7.22. The van der Waals surface area contributed by atoms with Gasteiger partial charge < -0.3 is 9.88 Å². The summed E-state index contributed by atoms with van der Waals surface area (Å²) in [4.78, 5) is 17.8. The molecule has 1 aliphatic heterocycles. The fourth-order valence-corrected chi connectivity index (χ4v) is 4.04. The number of carbonyl (C=O) groups is 1. The van der Waals surface area contributed by atoms with Gasteiger partial charge in [-0.2, -0.15) is 5.10 Å². The Kier molecular flexibility index (Phi) is 4.05. The monoisotopic (exact) mass is 354 g/mol. The minimum Gasteiger partial charge on any atom is -0.356 e. The smallest absolute Gasteiger partial charge is 0.227 e. The molecule has 1 amide bonds. The SMILES string of the molecule is Cc1cc(C)n([C@@H]2CCN(C(=O)Cc3c(C)[nH]c4c(F)cccc34)C2)n1. The van der Waals surface area contributed by atoms with Crippen molar-refractivity contribution in [1.82, 2.24) is 19.7 Å². The first-order chi connectivity index (χ1) is 12.4. The second-order valence-electron chi connectivity index (χ2n) is 7.22. The quantitative estimate of drug-likeness (QED) is 0.783. The van der Waals surface area contributed by atoms with Crippen molar-refractivity contribution in [3.63, 3.8) is 0 Å². The molecule has 0 aliphatic carbocycles. The first kappa shape index (κ1) is 16.8. The first-order valence-electron chi connectivity index (χ1n) is 9.00. The van der Waals surface area contributed by atoms with Crippen LogP contribution in [0, 0.1) is 26.6 Å². The zero-order valence-corrected chi connectivity index (χ0v) is 15.3. The highest BCUT2D eigenvalue weighted by Gasteiger charge is 2.29. The molecule has 3 aromatic rings. The lowest BCUT2D eigenvalue weighted by Gasteiger charge is -2.17. The Morgan fingerprint density at radius 1 is 1.35 bits per heavy atom. The van der Waals surface area contributed by atoms with Gasteiger partial charge in [0, 0.05) is 29.9 Å². The summed E-state index contributed by atoms with van der Waals surface area (Å²) in [7, 11) is 0. The van der Waals surface area contributed by atoms with Gasteiger partial charge in [-0.05, 0) is 44.9 Å². The Labute approximate surface area is 151 Å². The predicted octanol–water partition coefficient (Wildman–Crippen LogP) is 3.44. The minimum atomic E-state index is -0.282. The molecule has 3 heterocycles. The number of hydrogen-bond donors (Lipinski definition) is 1. The molecule has 5 nitrogen and oxygen atoms in total. The van der Waals surface area contributed by atoms with Gasteiger partial charge in [-0.3, -0.25) is 9.48 Å². The molecule has 136 valence electrons. The van der Waals surface area contributed by atoms with E-state index in [-0.39, 0.29) is 17.8 Å². The molecule has 1 aromatic carbocycles. The Morgan fingerprint density at radius 2 is 2.15 bits per heavy atom. The number of amides is 1. The Bertz CT molecular complexity index is 987. The summed E-state index contributed by atoms with van der Waals surface area (Å²) in [6.07, 6.45) is 1.20. The van der Waals surface area contributed by atoms with Gasteiger partial charge in [-0.15, -0.1) is 0 Å². The van der Waals surface area contributed by atoms with Crippen molar-refractivity contribution in [3.05, 3.63) is 52.7 Å². The number of halogens is 1. The number of aromatic nitrogens is 3. The van der Waals surface area contributed by atoms with E-state index in [4.69, 9.17) is 0 Å². The number of hydrogen-bond acceptors (Lipinski definition) is 2. The highest BCUT2D eigenvalue weighted by molar-refractivity contribution is 5.90. The number of fused-ring (bicyclic) bond motifs is 1. The van der Waals surface area contributed by atoms with E-state index in [1.165, 1.54) is 6.07 Å². The van der Waals surface area contributed by atoms with Gasteiger partial charge in [0.15, 0.2) is 0 Å². The maximum absolute atomic E-state index is 14.0. The zero-order valence-electron chi connectivity index (χ0n) is 15.3. The Balaban J connectivity index is 1.52. The van der Waals surface area contributed by atoms with Crippen molar-refractivity contribution in [3.8, 4) is 0 Å². The number of likely N-dealkylation sites (tertiary alicyclic amines) is 1. The van der Waals surface area contributed by atoms with Crippen LogP contribution in [-0.4, -0.2) is 38.7 Å². The van der Waals surface area contributed by atoms with Crippen LogP contribution in [0.1, 0.15) is 35.1 Å². The van der Waals surface area contributed by atoms with Gasteiger partial charge in [0.1, 0.15) is 5.82 Å². The summed E-state index contributed by atoms with van der Waals surface area (Å²) in [5.41, 5.74) is 4.36. The standard InChI is InChI=1S/C20H23FN4O/c1-12-9-13(2)25(23-12)15-7-8-24(11-15)19(26)10-17-14(3)22-20-16(17)5-4-6-18(20)21/h4-6,9,15,22H,7-8,10-11H2,1-3H3/t15-/m1/s1. The number of H-pyrrole nitrogens is 1.